The van der Waals surface area contributed by atoms with Crippen LogP contribution in [0.3, 0.4) is 0 Å². The van der Waals surface area contributed by atoms with E-state index in [0.717, 1.165) is 7.11 Å². The summed E-state index contributed by atoms with van der Waals surface area (Å²) in [5.74, 6) is 2.80. The minimum Gasteiger partial charge on any atom is -0.481 e. The van der Waals surface area contributed by atoms with Crippen LogP contribution in [-0.4, -0.2) is 177 Å². The van der Waals surface area contributed by atoms with Crippen molar-refractivity contribution in [1.82, 2.24) is 56.4 Å². The molecule has 0 unspecified atom stereocenters. The second kappa shape index (κ2) is 43.4. The number of carboxylic acids is 1. The van der Waals surface area contributed by atoms with Gasteiger partial charge in [0.25, 0.3) is 0 Å². The Morgan fingerprint density at radius 3 is 1.22 bits per heavy atom. The molecule has 2 aromatic rings. The van der Waals surface area contributed by atoms with Crippen molar-refractivity contribution in [3.05, 3.63) is 11.6 Å². The molecule has 31 heteroatoms. The molecule has 0 aliphatic carbocycles. The van der Waals surface area contributed by atoms with Gasteiger partial charge in [0.15, 0.2) is 11.6 Å². The highest BCUT2D eigenvalue weighted by molar-refractivity contribution is 6.74. The number of nitrogens with zero attached hydrogens (tertiary/aromatic N) is 9. The molecule has 0 bridgehead atoms. The topological polar surface area (TPSA) is 412 Å². The minimum absolute atomic E-state index is 0.0543. The summed E-state index contributed by atoms with van der Waals surface area (Å²) < 4.78 is 36.7. The van der Waals surface area contributed by atoms with Crippen LogP contribution < -0.4 is 21.7 Å². The fourth-order valence-corrected chi connectivity index (χ4v) is 5.91. The summed E-state index contributed by atoms with van der Waals surface area (Å²) >= 11 is 0. The van der Waals surface area contributed by atoms with Crippen molar-refractivity contribution in [1.29, 1.82) is 5.26 Å². The summed E-state index contributed by atoms with van der Waals surface area (Å²) in [6.45, 7) is 25.7. The molecule has 0 saturated carbocycles. The van der Waals surface area contributed by atoms with Gasteiger partial charge >= 0.3 is 48.1 Å². The molecule has 2 heterocycles. The third-order valence-corrected chi connectivity index (χ3v) is 9.62. The van der Waals surface area contributed by atoms with E-state index in [1.54, 1.807) is 71.7 Å². The molecule has 0 fully saturated rings. The zero-order valence-corrected chi connectivity index (χ0v) is 54.2. The summed E-state index contributed by atoms with van der Waals surface area (Å²) in [6, 6.07) is -1.51. The smallest absolute Gasteiger partial charge is 0.408 e. The van der Waals surface area contributed by atoms with Gasteiger partial charge in [0.2, 0.25) is 0 Å². The first-order valence-corrected chi connectivity index (χ1v) is 31.3. The molecule has 484 valence electrons. The van der Waals surface area contributed by atoms with Crippen LogP contribution in [-0.2, 0) is 87.9 Å². The van der Waals surface area contributed by atoms with Crippen molar-refractivity contribution in [2.24, 2.45) is 5.73 Å². The minimum atomic E-state index is -1.06. The van der Waals surface area contributed by atoms with E-state index in [2.05, 4.69) is 99.2 Å². The van der Waals surface area contributed by atoms with E-state index in [1.165, 1.54) is 21.3 Å². The number of carboxylic acid groups (broad SMARTS) is 1. The second-order valence-corrected chi connectivity index (χ2v) is 28.9. The molecule has 0 radical (unpaired) electrons. The maximum absolute atomic E-state index is 11.9. The van der Waals surface area contributed by atoms with Crippen LogP contribution in [0.25, 0.3) is 0 Å². The number of tetrazole rings is 2. The predicted molar refractivity (Wildman–Crippen MR) is 314 cm³/mol. The molecule has 0 spiro atoms. The number of unbranched alkanes of at least 4 members (excludes halogenated alkanes) is 1. The van der Waals surface area contributed by atoms with Crippen molar-refractivity contribution in [2.45, 2.75) is 226 Å². The first-order valence-electron chi connectivity index (χ1n) is 27.3. The Bertz CT molecular complexity index is 2520. The summed E-state index contributed by atoms with van der Waals surface area (Å²) in [7, 11) is 4.32. The zero-order chi connectivity index (χ0) is 66.9. The van der Waals surface area contributed by atoms with Crippen LogP contribution in [0, 0.1) is 36.0 Å². The number of nitrogens with two attached hydrogens (primary N) is 1. The van der Waals surface area contributed by atoms with Crippen LogP contribution in [0.4, 0.5) is 14.4 Å². The molecule has 86 heavy (non-hydrogen) atoms. The standard InChI is InChI=1S/C15H23N5O4.C15H24N2O5.C11H19NO6.C10H15N5O2.C4H12Si/c1-6-7-10-20-12(17-18-19-20)9-8-11(13(21)23-5)16-14(22)24-15(2,3)4;1-15(2,3)22-14(20)17-12(13(19)21-4)9-8-11(18)7-5-6-10-16;1-11(2,3)18-10(16)12-7(9(15)17-4)5-6-8(13)14;1-3-4-7-15-9(12-13-14-15)6-5-8(11)10(16)17-2;1-5(2,3)4/h1,11H,7-10H2,2-5H3,(H,16,22);12H,5-9H2,1-4H3,(H,17,20);7H,5-6H2,1-4H3,(H,12,16)(H,13,14);1,8H,4-7,11H2,2H3;1-4H3/t11-;12-;7-;8-;/m0000./s1. The van der Waals surface area contributed by atoms with E-state index < -0.39 is 97.2 Å². The van der Waals surface area contributed by atoms with Crippen molar-refractivity contribution in [3.8, 4) is 30.8 Å². The van der Waals surface area contributed by atoms with Gasteiger partial charge in [-0.15, -0.1) is 34.9 Å². The van der Waals surface area contributed by atoms with Gasteiger partial charge in [-0.3, -0.25) is 14.4 Å². The van der Waals surface area contributed by atoms with Crippen molar-refractivity contribution in [2.75, 3.05) is 28.4 Å². The molecule has 4 atom stereocenters. The third kappa shape index (κ3) is 46.2. The van der Waals surface area contributed by atoms with E-state index in [1.807, 2.05) is 6.07 Å². The summed E-state index contributed by atoms with van der Waals surface area (Å²) in [5.41, 5.74) is 3.57. The zero-order valence-electron chi connectivity index (χ0n) is 53.2. The Morgan fingerprint density at radius 2 is 0.907 bits per heavy atom. The molecule has 0 aromatic carbocycles. The Labute approximate surface area is 506 Å². The first kappa shape index (κ1) is 82.0. The lowest BCUT2D eigenvalue weighted by molar-refractivity contribution is -0.144. The number of ether oxygens (including phenoxy) is 7. The molecular weight excluding hydrogens is 1140 g/mol. The fraction of sp³-hybridized carbons (Fsp3) is 0.709. The molecule has 0 saturated heterocycles. The number of ketones is 1. The summed E-state index contributed by atoms with van der Waals surface area (Å²) in [5, 5.41) is 46.7. The average Bonchev–Trinajstić information content (AvgIpc) is 4.28. The van der Waals surface area contributed by atoms with Crippen molar-refractivity contribution in [3.63, 3.8) is 0 Å². The van der Waals surface area contributed by atoms with E-state index in [0.29, 0.717) is 69.7 Å². The normalized spacial score (nSPS) is 12.1. The van der Waals surface area contributed by atoms with Gasteiger partial charge in [0.05, 0.1) is 47.6 Å². The Morgan fingerprint density at radius 1 is 0.570 bits per heavy atom. The quantitative estimate of drug-likeness (QED) is 0.0278. The molecule has 0 aliphatic heterocycles. The van der Waals surface area contributed by atoms with Crippen molar-refractivity contribution >= 4 is 62.0 Å². The monoisotopic (exact) mass is 1240 g/mol. The number of aliphatic carboxylic acids is 1. The number of hydrogen-bond acceptors (Lipinski definition) is 24. The number of nitrogens with one attached hydrogen (secondary N) is 3. The van der Waals surface area contributed by atoms with Crippen molar-refractivity contribution < 1.29 is 81.4 Å². The lowest BCUT2D eigenvalue weighted by Gasteiger charge is -2.22. The Kier molecular flexibility index (Phi) is 41.4. The number of esters is 4. The number of nitriles is 1. The third-order valence-electron chi connectivity index (χ3n) is 9.62. The summed E-state index contributed by atoms with van der Waals surface area (Å²) in [4.78, 5) is 103. The van der Waals surface area contributed by atoms with E-state index in [4.69, 9.17) is 47.9 Å². The lowest BCUT2D eigenvalue weighted by Crippen LogP contribution is -2.44. The highest BCUT2D eigenvalue weighted by Crippen LogP contribution is 2.13. The number of alkyl carbamates (subject to hydrolysis) is 3. The van der Waals surface area contributed by atoms with E-state index >= 15 is 0 Å². The molecule has 2 rings (SSSR count). The van der Waals surface area contributed by atoms with Crippen LogP contribution in [0.1, 0.15) is 145 Å². The molecule has 3 amide bonds. The maximum Gasteiger partial charge on any atom is 0.408 e. The lowest BCUT2D eigenvalue weighted by atomic mass is 10.1. The number of aromatic nitrogens is 8. The number of carbonyl (C=O) groups excluding carboxylic acids is 8. The number of carbonyl (C=O) groups is 9. The number of Topliss-reactive ketones (excluding diaryl/α,β-unsaturated/α-hetero) is 1. The molecular formula is C55H93N13O17Si. The number of rotatable bonds is 26. The van der Waals surface area contributed by atoms with E-state index in [-0.39, 0.29) is 44.3 Å². The van der Waals surface area contributed by atoms with Crippen LogP contribution in [0.2, 0.25) is 26.2 Å². The Hall–Kier alpha value is -8.24. The number of aryl methyl sites for hydroxylation is 4. The number of terminal acetylenes is 2. The van der Waals surface area contributed by atoms with Gasteiger partial charge in [-0.05, 0) is 115 Å². The average molecular weight is 1240 g/mol. The Balaban J connectivity index is -0.00000105. The molecule has 2 aromatic heterocycles. The van der Waals surface area contributed by atoms with Gasteiger partial charge in [0, 0.05) is 59.4 Å². The fourth-order valence-electron chi connectivity index (χ4n) is 5.91. The molecule has 6 N–H and O–H groups in total. The van der Waals surface area contributed by atoms with Crippen LogP contribution >= 0.6 is 0 Å². The van der Waals surface area contributed by atoms with Crippen LogP contribution in [0.5, 0.6) is 0 Å². The maximum atomic E-state index is 11.9. The molecule has 0 aliphatic rings. The second-order valence-electron chi connectivity index (χ2n) is 22.9. The van der Waals surface area contributed by atoms with Gasteiger partial charge < -0.3 is 59.9 Å². The molecule has 30 nitrogen and oxygen atoms in total. The van der Waals surface area contributed by atoms with Gasteiger partial charge in [-0.1, -0.05) is 26.2 Å². The highest BCUT2D eigenvalue weighted by Gasteiger charge is 2.28. The van der Waals surface area contributed by atoms with Gasteiger partial charge in [-0.2, -0.15) is 5.26 Å². The first-order chi connectivity index (χ1) is 39.8. The predicted octanol–water partition coefficient (Wildman–Crippen LogP) is 4.79. The van der Waals surface area contributed by atoms with Gasteiger partial charge in [-0.25, -0.2) is 38.1 Å². The number of amides is 3. The largest absolute Gasteiger partial charge is 0.481 e. The van der Waals surface area contributed by atoms with Crippen LogP contribution in [0.15, 0.2) is 0 Å². The van der Waals surface area contributed by atoms with E-state index in [9.17, 15) is 43.2 Å². The SMILES string of the molecule is C#CCCn1nnnc1CC[C@H](N)C(=O)OC.C#CCCn1nnnc1CC[C@H](NC(=O)OC(C)(C)C)C(=O)OC.COC(=O)[C@H](CCC(=O)CCCC#N)NC(=O)OC(C)(C)C.COC(=O)[C@H](CCC(=O)O)NC(=O)OC(C)(C)C.C[Si](C)(C)C. The van der Waals surface area contributed by atoms with Gasteiger partial charge in [0.1, 0.15) is 46.8 Å². The number of methoxy groups -OCH3 is 4. The summed E-state index contributed by atoms with van der Waals surface area (Å²) in [6.07, 6.45) is 11.9. The number of hydrogen-bond donors (Lipinski definition) is 5. The highest BCUT2D eigenvalue weighted by atomic mass is 28.3.